The molecular formula is C35H31NO9. The second-order valence-electron chi connectivity index (χ2n) is 9.79. The zero-order chi connectivity index (χ0) is 32.2. The molecule has 0 aliphatic rings. The van der Waals surface area contributed by atoms with Crippen LogP contribution in [-0.2, 0) is 9.59 Å². The van der Waals surface area contributed by atoms with E-state index < -0.39 is 17.8 Å². The number of esters is 4. The topological polar surface area (TPSA) is 134 Å². The van der Waals surface area contributed by atoms with E-state index in [0.29, 0.717) is 29.9 Å². The molecule has 10 heteroatoms. The monoisotopic (exact) mass is 609 g/mol. The molecule has 0 fully saturated rings. The first-order valence-electron chi connectivity index (χ1n) is 14.3. The van der Waals surface area contributed by atoms with E-state index in [1.807, 2.05) is 13.8 Å². The standard InChI is InChI=1S/C35H31NO9/c1-3-8-31(37)42-27-12-16-29(17-13-27)44-34(40)24-20-25(22-26(21-24)36-33(39)23-10-6-5-7-11-23)35(41)45-30-18-14-28(15-19-30)43-32(38)9-4-2/h5-7,10-22H,3-4,8-9H2,1-2H3,(H,36,39). The van der Waals surface area contributed by atoms with E-state index in [9.17, 15) is 24.0 Å². The lowest BCUT2D eigenvalue weighted by Gasteiger charge is -2.12. The number of anilines is 1. The highest BCUT2D eigenvalue weighted by Gasteiger charge is 2.18. The minimum Gasteiger partial charge on any atom is -0.427 e. The minimum atomic E-state index is -0.811. The van der Waals surface area contributed by atoms with Gasteiger partial charge >= 0.3 is 23.9 Å². The summed E-state index contributed by atoms with van der Waals surface area (Å²) >= 11 is 0. The van der Waals surface area contributed by atoms with Gasteiger partial charge in [0, 0.05) is 24.1 Å². The predicted molar refractivity (Wildman–Crippen MR) is 165 cm³/mol. The number of hydrogen-bond acceptors (Lipinski definition) is 9. The number of carbonyl (C=O) groups excluding carboxylic acids is 5. The van der Waals surface area contributed by atoms with Gasteiger partial charge in [-0.2, -0.15) is 0 Å². The van der Waals surface area contributed by atoms with Crippen molar-refractivity contribution in [1.82, 2.24) is 0 Å². The SMILES string of the molecule is CCCC(=O)Oc1ccc(OC(=O)c2cc(NC(=O)c3ccccc3)cc(C(=O)Oc3ccc(OC(=O)CCC)cc3)c2)cc1. The van der Waals surface area contributed by atoms with Crippen LogP contribution in [0.1, 0.15) is 70.6 Å². The normalized spacial score (nSPS) is 10.4. The number of nitrogens with one attached hydrogen (secondary N) is 1. The van der Waals surface area contributed by atoms with Gasteiger partial charge in [0.15, 0.2) is 0 Å². The molecule has 0 heterocycles. The summed E-state index contributed by atoms with van der Waals surface area (Å²) in [5.74, 6) is -1.89. The van der Waals surface area contributed by atoms with Gasteiger partial charge in [-0.15, -0.1) is 0 Å². The highest BCUT2D eigenvalue weighted by atomic mass is 16.5. The van der Waals surface area contributed by atoms with Gasteiger partial charge in [0.1, 0.15) is 23.0 Å². The number of hydrogen-bond donors (Lipinski definition) is 1. The molecule has 0 aliphatic carbocycles. The van der Waals surface area contributed by atoms with E-state index in [1.54, 1.807) is 30.3 Å². The summed E-state index contributed by atoms with van der Waals surface area (Å²) in [7, 11) is 0. The summed E-state index contributed by atoms with van der Waals surface area (Å²) in [6, 6.07) is 24.3. The zero-order valence-electron chi connectivity index (χ0n) is 24.7. The molecular weight excluding hydrogens is 578 g/mol. The van der Waals surface area contributed by atoms with Crippen LogP contribution in [0.5, 0.6) is 23.0 Å². The molecule has 0 radical (unpaired) electrons. The average Bonchev–Trinajstić information content (AvgIpc) is 3.03. The average molecular weight is 610 g/mol. The van der Waals surface area contributed by atoms with Gasteiger partial charge in [0.05, 0.1) is 11.1 Å². The van der Waals surface area contributed by atoms with Gasteiger partial charge in [-0.3, -0.25) is 14.4 Å². The molecule has 1 N–H and O–H groups in total. The van der Waals surface area contributed by atoms with Gasteiger partial charge < -0.3 is 24.3 Å². The minimum absolute atomic E-state index is 0.0375. The third-order valence-corrected chi connectivity index (χ3v) is 6.14. The Morgan fingerprint density at radius 3 is 1.31 bits per heavy atom. The van der Waals surface area contributed by atoms with Crippen LogP contribution in [0.4, 0.5) is 5.69 Å². The van der Waals surface area contributed by atoms with Crippen LogP contribution in [0, 0.1) is 0 Å². The number of rotatable bonds is 12. The second-order valence-corrected chi connectivity index (χ2v) is 9.79. The summed E-state index contributed by atoms with van der Waals surface area (Å²) in [6.45, 7) is 3.73. The Labute approximate surface area is 259 Å². The molecule has 230 valence electrons. The first kappa shape index (κ1) is 32.2. The van der Waals surface area contributed by atoms with E-state index in [-0.39, 0.29) is 53.1 Å². The van der Waals surface area contributed by atoms with Crippen LogP contribution in [0.2, 0.25) is 0 Å². The number of carbonyl (C=O) groups is 5. The Bertz CT molecular complexity index is 1570. The van der Waals surface area contributed by atoms with Crippen LogP contribution in [0.3, 0.4) is 0 Å². The molecule has 45 heavy (non-hydrogen) atoms. The van der Waals surface area contributed by atoms with Crippen LogP contribution in [0.15, 0.2) is 97.1 Å². The maximum absolute atomic E-state index is 13.2. The van der Waals surface area contributed by atoms with Crippen LogP contribution in [-0.4, -0.2) is 29.8 Å². The van der Waals surface area contributed by atoms with Crippen molar-refractivity contribution in [2.75, 3.05) is 5.32 Å². The molecule has 0 atom stereocenters. The number of ether oxygens (including phenoxy) is 4. The van der Waals surface area contributed by atoms with Crippen molar-refractivity contribution < 1.29 is 42.9 Å². The fourth-order valence-corrected chi connectivity index (χ4v) is 3.98. The van der Waals surface area contributed by atoms with E-state index in [4.69, 9.17) is 18.9 Å². The first-order valence-corrected chi connectivity index (χ1v) is 14.3. The van der Waals surface area contributed by atoms with Crippen molar-refractivity contribution in [1.29, 1.82) is 0 Å². The molecule has 10 nitrogen and oxygen atoms in total. The third kappa shape index (κ3) is 9.62. The molecule has 0 aromatic heterocycles. The summed E-state index contributed by atoms with van der Waals surface area (Å²) in [5, 5.41) is 2.70. The molecule has 0 saturated heterocycles. The lowest BCUT2D eigenvalue weighted by Crippen LogP contribution is -2.16. The predicted octanol–water partition coefficient (Wildman–Crippen LogP) is 6.79. The summed E-state index contributed by atoms with van der Waals surface area (Å²) in [4.78, 5) is 62.7. The molecule has 1 amide bonds. The molecule has 0 spiro atoms. The number of benzene rings is 4. The van der Waals surface area contributed by atoms with E-state index in [0.717, 1.165) is 0 Å². The molecule has 4 aromatic carbocycles. The lowest BCUT2D eigenvalue weighted by atomic mass is 10.1. The Balaban J connectivity index is 1.54. The lowest BCUT2D eigenvalue weighted by molar-refractivity contribution is -0.135. The fourth-order valence-electron chi connectivity index (χ4n) is 3.98. The first-order chi connectivity index (χ1) is 21.7. The molecule has 0 saturated carbocycles. The van der Waals surface area contributed by atoms with Crippen LogP contribution >= 0.6 is 0 Å². The Kier molecular flexibility index (Phi) is 11.2. The molecule has 4 rings (SSSR count). The molecule has 0 aliphatic heterocycles. The summed E-state index contributed by atoms with van der Waals surface area (Å²) in [5.41, 5.74) is 0.449. The smallest absolute Gasteiger partial charge is 0.343 e. The van der Waals surface area contributed by atoms with Crippen molar-refractivity contribution >= 4 is 35.5 Å². The molecule has 0 unspecified atom stereocenters. The van der Waals surface area contributed by atoms with Crippen molar-refractivity contribution in [3.63, 3.8) is 0 Å². The van der Waals surface area contributed by atoms with Crippen molar-refractivity contribution in [2.24, 2.45) is 0 Å². The van der Waals surface area contributed by atoms with E-state index >= 15 is 0 Å². The highest BCUT2D eigenvalue weighted by molar-refractivity contribution is 6.06. The quantitative estimate of drug-likeness (QED) is 0.136. The van der Waals surface area contributed by atoms with Crippen molar-refractivity contribution in [3.05, 3.63) is 114 Å². The fraction of sp³-hybridized carbons (Fsp3) is 0.171. The van der Waals surface area contributed by atoms with Crippen molar-refractivity contribution in [3.8, 4) is 23.0 Å². The highest BCUT2D eigenvalue weighted by Crippen LogP contribution is 2.24. The molecule has 0 bridgehead atoms. The largest absolute Gasteiger partial charge is 0.427 e. The summed E-state index contributed by atoms with van der Waals surface area (Å²) < 4.78 is 21.4. The van der Waals surface area contributed by atoms with Gasteiger partial charge in [-0.25, -0.2) is 9.59 Å². The van der Waals surface area contributed by atoms with Crippen molar-refractivity contribution in [2.45, 2.75) is 39.5 Å². The van der Waals surface area contributed by atoms with Gasteiger partial charge in [0.25, 0.3) is 5.91 Å². The molecule has 4 aromatic rings. The number of amides is 1. The van der Waals surface area contributed by atoms with Crippen LogP contribution < -0.4 is 24.3 Å². The second kappa shape index (κ2) is 15.6. The summed E-state index contributed by atoms with van der Waals surface area (Å²) in [6.07, 6.45) is 1.85. The Morgan fingerprint density at radius 2 is 0.911 bits per heavy atom. The van der Waals surface area contributed by atoms with Gasteiger partial charge in [-0.05, 0) is 91.7 Å². The third-order valence-electron chi connectivity index (χ3n) is 6.14. The van der Waals surface area contributed by atoms with Crippen LogP contribution in [0.25, 0.3) is 0 Å². The van der Waals surface area contributed by atoms with E-state index in [2.05, 4.69) is 5.32 Å². The van der Waals surface area contributed by atoms with Gasteiger partial charge in [0.2, 0.25) is 0 Å². The maximum Gasteiger partial charge on any atom is 0.343 e. The maximum atomic E-state index is 13.2. The Hall–Kier alpha value is -5.77. The van der Waals surface area contributed by atoms with E-state index in [1.165, 1.54) is 66.7 Å². The Morgan fingerprint density at radius 1 is 0.511 bits per heavy atom. The zero-order valence-corrected chi connectivity index (χ0v) is 24.7. The van der Waals surface area contributed by atoms with Gasteiger partial charge in [-0.1, -0.05) is 32.0 Å².